The van der Waals surface area contributed by atoms with E-state index in [1.54, 1.807) is 4.90 Å². The van der Waals surface area contributed by atoms with E-state index < -0.39 is 12.0 Å². The van der Waals surface area contributed by atoms with Gasteiger partial charge in [0.25, 0.3) is 0 Å². The molecule has 0 aromatic rings. The summed E-state index contributed by atoms with van der Waals surface area (Å²) in [7, 11) is 0. The van der Waals surface area contributed by atoms with Crippen molar-refractivity contribution < 1.29 is 14.7 Å². The molecule has 5 nitrogen and oxygen atoms in total. The molecule has 1 aliphatic rings. The van der Waals surface area contributed by atoms with E-state index in [0.717, 1.165) is 25.9 Å². The molecule has 0 aromatic heterocycles. The second kappa shape index (κ2) is 4.95. The van der Waals surface area contributed by atoms with E-state index in [-0.39, 0.29) is 12.5 Å². The Morgan fingerprint density at radius 1 is 1.43 bits per heavy atom. The normalized spacial score (nSPS) is 18.2. The zero-order valence-corrected chi connectivity index (χ0v) is 8.32. The van der Waals surface area contributed by atoms with Crippen LogP contribution in [0.1, 0.15) is 19.8 Å². The van der Waals surface area contributed by atoms with Crippen LogP contribution in [0, 0.1) is 0 Å². The van der Waals surface area contributed by atoms with Crippen LogP contribution >= 0.6 is 0 Å². The third kappa shape index (κ3) is 2.99. The van der Waals surface area contributed by atoms with Crippen LogP contribution in [0.15, 0.2) is 0 Å². The fraction of sp³-hybridized carbons (Fsp3) is 0.778. The fourth-order valence-corrected chi connectivity index (χ4v) is 1.41. The molecule has 1 rings (SSSR count). The van der Waals surface area contributed by atoms with Crippen molar-refractivity contribution in [2.45, 2.75) is 25.8 Å². The molecule has 0 spiro atoms. The average Bonchev–Trinajstić information content (AvgIpc) is 2.66. The van der Waals surface area contributed by atoms with Crippen molar-refractivity contribution in [3.63, 3.8) is 0 Å². The summed E-state index contributed by atoms with van der Waals surface area (Å²) in [6, 6.07) is -0.665. The molecule has 14 heavy (non-hydrogen) atoms. The molecule has 0 saturated carbocycles. The van der Waals surface area contributed by atoms with Gasteiger partial charge in [0.05, 0.1) is 6.54 Å². The summed E-state index contributed by atoms with van der Waals surface area (Å²) in [5.74, 6) is -0.935. The van der Waals surface area contributed by atoms with Crippen molar-refractivity contribution in [2.24, 2.45) is 0 Å². The SMILES string of the molecule is CC(NCC(=O)N1CCCC1)C(=O)O. The maximum absolute atomic E-state index is 11.4. The number of likely N-dealkylation sites (tertiary alicyclic amines) is 1. The van der Waals surface area contributed by atoms with Crippen molar-refractivity contribution >= 4 is 11.9 Å². The standard InChI is InChI=1S/C9H16N2O3/c1-7(9(13)14)10-6-8(12)11-4-2-3-5-11/h7,10H,2-6H2,1H3,(H,13,14). The number of nitrogens with one attached hydrogen (secondary N) is 1. The van der Waals surface area contributed by atoms with E-state index in [2.05, 4.69) is 5.32 Å². The predicted molar refractivity (Wildman–Crippen MR) is 50.9 cm³/mol. The van der Waals surface area contributed by atoms with Crippen LogP contribution in [0.3, 0.4) is 0 Å². The Labute approximate surface area is 83.1 Å². The quantitative estimate of drug-likeness (QED) is 0.652. The van der Waals surface area contributed by atoms with E-state index in [1.165, 1.54) is 6.92 Å². The van der Waals surface area contributed by atoms with Gasteiger partial charge in [-0.1, -0.05) is 0 Å². The molecular weight excluding hydrogens is 184 g/mol. The van der Waals surface area contributed by atoms with Crippen LogP contribution in [-0.4, -0.2) is 47.6 Å². The van der Waals surface area contributed by atoms with Gasteiger partial charge in [-0.25, -0.2) is 0 Å². The first-order valence-corrected chi connectivity index (χ1v) is 4.85. The first-order chi connectivity index (χ1) is 6.61. The zero-order chi connectivity index (χ0) is 10.6. The molecule has 1 saturated heterocycles. The third-order valence-electron chi connectivity index (χ3n) is 2.39. The Morgan fingerprint density at radius 3 is 2.50 bits per heavy atom. The summed E-state index contributed by atoms with van der Waals surface area (Å²) < 4.78 is 0. The Hall–Kier alpha value is -1.10. The maximum Gasteiger partial charge on any atom is 0.320 e. The molecule has 1 amide bonds. The molecule has 2 N–H and O–H groups in total. The molecule has 0 bridgehead atoms. The van der Waals surface area contributed by atoms with Gasteiger partial charge in [0.15, 0.2) is 0 Å². The second-order valence-corrected chi connectivity index (χ2v) is 3.53. The van der Waals surface area contributed by atoms with Gasteiger partial charge in [0, 0.05) is 13.1 Å². The van der Waals surface area contributed by atoms with Crippen LogP contribution in [0.2, 0.25) is 0 Å². The minimum Gasteiger partial charge on any atom is -0.480 e. The van der Waals surface area contributed by atoms with Crippen LogP contribution in [-0.2, 0) is 9.59 Å². The second-order valence-electron chi connectivity index (χ2n) is 3.53. The first-order valence-electron chi connectivity index (χ1n) is 4.85. The first kappa shape index (κ1) is 11.0. The molecule has 1 atom stereocenters. The van der Waals surface area contributed by atoms with E-state index in [4.69, 9.17) is 5.11 Å². The smallest absolute Gasteiger partial charge is 0.320 e. The van der Waals surface area contributed by atoms with Crippen molar-refractivity contribution in [2.75, 3.05) is 19.6 Å². The number of carbonyl (C=O) groups is 2. The Morgan fingerprint density at radius 2 is 2.00 bits per heavy atom. The largest absolute Gasteiger partial charge is 0.480 e. The zero-order valence-electron chi connectivity index (χ0n) is 8.32. The van der Waals surface area contributed by atoms with Crippen LogP contribution in [0.25, 0.3) is 0 Å². The summed E-state index contributed by atoms with van der Waals surface area (Å²) in [6.07, 6.45) is 2.11. The van der Waals surface area contributed by atoms with Gasteiger partial charge < -0.3 is 10.0 Å². The number of carboxylic acid groups (broad SMARTS) is 1. The van der Waals surface area contributed by atoms with Crippen molar-refractivity contribution in [1.29, 1.82) is 0 Å². The number of rotatable bonds is 4. The molecule has 0 aliphatic carbocycles. The van der Waals surface area contributed by atoms with E-state index >= 15 is 0 Å². The van der Waals surface area contributed by atoms with Gasteiger partial charge >= 0.3 is 5.97 Å². The average molecular weight is 200 g/mol. The summed E-state index contributed by atoms with van der Waals surface area (Å²) in [6.45, 7) is 3.26. The summed E-state index contributed by atoms with van der Waals surface area (Å²) >= 11 is 0. The molecule has 0 radical (unpaired) electrons. The molecule has 1 aliphatic heterocycles. The van der Waals surface area contributed by atoms with Crippen molar-refractivity contribution in [3.05, 3.63) is 0 Å². The highest BCUT2D eigenvalue weighted by atomic mass is 16.4. The minimum absolute atomic E-state index is 0.00407. The molecule has 1 heterocycles. The van der Waals surface area contributed by atoms with Gasteiger partial charge in [-0.15, -0.1) is 0 Å². The van der Waals surface area contributed by atoms with Crippen LogP contribution in [0.5, 0.6) is 0 Å². The highest BCUT2D eigenvalue weighted by molar-refractivity contribution is 5.80. The third-order valence-corrected chi connectivity index (χ3v) is 2.39. The molecule has 1 fully saturated rings. The molecule has 5 heteroatoms. The van der Waals surface area contributed by atoms with Gasteiger partial charge in [0.2, 0.25) is 5.91 Å². The Bertz CT molecular complexity index is 224. The molecule has 0 aromatic carbocycles. The van der Waals surface area contributed by atoms with E-state index in [0.29, 0.717) is 0 Å². The monoisotopic (exact) mass is 200 g/mol. The fourth-order valence-electron chi connectivity index (χ4n) is 1.41. The summed E-state index contributed by atoms with van der Waals surface area (Å²) in [4.78, 5) is 23.7. The lowest BCUT2D eigenvalue weighted by molar-refractivity contribution is -0.139. The van der Waals surface area contributed by atoms with Gasteiger partial charge in [-0.2, -0.15) is 0 Å². The highest BCUT2D eigenvalue weighted by Gasteiger charge is 2.19. The van der Waals surface area contributed by atoms with Gasteiger partial charge in [-0.3, -0.25) is 14.9 Å². The van der Waals surface area contributed by atoms with Crippen molar-refractivity contribution in [1.82, 2.24) is 10.2 Å². The van der Waals surface area contributed by atoms with Gasteiger partial charge in [0.1, 0.15) is 6.04 Å². The molecular formula is C9H16N2O3. The summed E-state index contributed by atoms with van der Waals surface area (Å²) in [5.41, 5.74) is 0. The highest BCUT2D eigenvalue weighted by Crippen LogP contribution is 2.06. The number of carboxylic acids is 1. The maximum atomic E-state index is 11.4. The topological polar surface area (TPSA) is 69.6 Å². The van der Waals surface area contributed by atoms with E-state index in [1.807, 2.05) is 0 Å². The van der Waals surface area contributed by atoms with E-state index in [9.17, 15) is 9.59 Å². The molecule has 80 valence electrons. The van der Waals surface area contributed by atoms with Crippen molar-refractivity contribution in [3.8, 4) is 0 Å². The lowest BCUT2D eigenvalue weighted by Gasteiger charge is -2.16. The number of aliphatic carboxylic acids is 1. The summed E-state index contributed by atoms with van der Waals surface area (Å²) in [5, 5.41) is 11.2. The molecule has 1 unspecified atom stereocenters. The van der Waals surface area contributed by atoms with Crippen LogP contribution in [0.4, 0.5) is 0 Å². The number of nitrogens with zero attached hydrogens (tertiary/aromatic N) is 1. The number of carbonyl (C=O) groups excluding carboxylic acids is 1. The minimum atomic E-state index is -0.931. The number of hydrogen-bond acceptors (Lipinski definition) is 3. The van der Waals surface area contributed by atoms with Crippen LogP contribution < -0.4 is 5.32 Å². The Kier molecular flexibility index (Phi) is 3.88. The Balaban J connectivity index is 2.23. The van der Waals surface area contributed by atoms with Gasteiger partial charge in [-0.05, 0) is 19.8 Å². The lowest BCUT2D eigenvalue weighted by atomic mass is 10.3. The number of hydrogen-bond donors (Lipinski definition) is 2. The lowest BCUT2D eigenvalue weighted by Crippen LogP contribution is -2.42. The predicted octanol–water partition coefficient (Wildman–Crippen LogP) is -0.328. The number of amides is 1.